The number of rotatable bonds is 3. The van der Waals surface area contributed by atoms with E-state index in [1.165, 1.54) is 12.1 Å². The Kier molecular flexibility index (Phi) is 4.28. The number of benzene rings is 1. The first-order chi connectivity index (χ1) is 8.66. The van der Waals surface area contributed by atoms with Gasteiger partial charge in [0.2, 0.25) is 5.91 Å². The summed E-state index contributed by atoms with van der Waals surface area (Å²) < 4.78 is 13.0. The Morgan fingerprint density at radius 1 is 1.44 bits per heavy atom. The minimum atomic E-state index is -0.345. The minimum absolute atomic E-state index is 0.0949. The van der Waals surface area contributed by atoms with E-state index in [0.29, 0.717) is 5.69 Å². The van der Waals surface area contributed by atoms with E-state index in [4.69, 9.17) is 0 Å². The monoisotopic (exact) mass is 251 g/mol. The van der Waals surface area contributed by atoms with E-state index < -0.39 is 0 Å². The molecule has 1 heterocycles. The van der Waals surface area contributed by atoms with Crippen molar-refractivity contribution in [1.82, 2.24) is 10.2 Å². The van der Waals surface area contributed by atoms with E-state index in [1.807, 2.05) is 6.92 Å². The zero-order chi connectivity index (χ0) is 13.0. The molecule has 1 saturated heterocycles. The van der Waals surface area contributed by atoms with Crippen LogP contribution in [0.2, 0.25) is 0 Å². The Bertz CT molecular complexity index is 418. The van der Waals surface area contributed by atoms with Gasteiger partial charge in [-0.15, -0.1) is 0 Å². The molecule has 98 valence electrons. The Labute approximate surface area is 106 Å². The van der Waals surface area contributed by atoms with Crippen molar-refractivity contribution in [2.24, 2.45) is 0 Å². The highest BCUT2D eigenvalue weighted by Gasteiger charge is 2.22. The minimum Gasteiger partial charge on any atom is -0.325 e. The second kappa shape index (κ2) is 5.93. The summed E-state index contributed by atoms with van der Waals surface area (Å²) in [5.74, 6) is -0.440. The van der Waals surface area contributed by atoms with Gasteiger partial charge in [-0.3, -0.25) is 9.69 Å². The van der Waals surface area contributed by atoms with Gasteiger partial charge in [0.25, 0.3) is 0 Å². The van der Waals surface area contributed by atoms with E-state index >= 15 is 0 Å². The highest BCUT2D eigenvalue weighted by Crippen LogP contribution is 2.11. The molecular formula is C13H18FN3O. The maximum Gasteiger partial charge on any atom is 0.241 e. The van der Waals surface area contributed by atoms with Crippen LogP contribution in [0.3, 0.4) is 0 Å². The first kappa shape index (κ1) is 13.0. The fraction of sp³-hybridized carbons (Fsp3) is 0.462. The summed E-state index contributed by atoms with van der Waals surface area (Å²) in [6.45, 7) is 5.39. The van der Waals surface area contributed by atoms with Crippen LogP contribution in [0.5, 0.6) is 0 Å². The molecule has 2 N–H and O–H groups in total. The molecule has 1 aromatic carbocycles. The molecular weight excluding hydrogens is 233 g/mol. The lowest BCUT2D eigenvalue weighted by atomic mass is 10.2. The number of hydrogen-bond donors (Lipinski definition) is 2. The topological polar surface area (TPSA) is 44.4 Å². The van der Waals surface area contributed by atoms with Crippen LogP contribution in [-0.4, -0.2) is 43.0 Å². The first-order valence-electron chi connectivity index (χ1n) is 6.18. The molecule has 0 aliphatic carbocycles. The first-order valence-corrected chi connectivity index (χ1v) is 6.18. The normalized spacial score (nSPS) is 18.3. The molecule has 1 atom stereocenters. The molecule has 1 aliphatic heterocycles. The van der Waals surface area contributed by atoms with Gasteiger partial charge in [0.15, 0.2) is 0 Å². The molecule has 2 rings (SSSR count). The van der Waals surface area contributed by atoms with Crippen LogP contribution >= 0.6 is 0 Å². The van der Waals surface area contributed by atoms with Crippen LogP contribution in [0, 0.1) is 5.82 Å². The van der Waals surface area contributed by atoms with E-state index in [1.54, 1.807) is 12.1 Å². The van der Waals surface area contributed by atoms with Gasteiger partial charge < -0.3 is 10.6 Å². The highest BCUT2D eigenvalue weighted by atomic mass is 19.1. The fourth-order valence-corrected chi connectivity index (χ4v) is 2.05. The number of piperazine rings is 1. The Hall–Kier alpha value is -1.46. The van der Waals surface area contributed by atoms with Gasteiger partial charge >= 0.3 is 0 Å². The number of carbonyl (C=O) groups is 1. The van der Waals surface area contributed by atoms with E-state index in [2.05, 4.69) is 15.5 Å². The smallest absolute Gasteiger partial charge is 0.241 e. The molecule has 5 heteroatoms. The van der Waals surface area contributed by atoms with Crippen molar-refractivity contribution in [2.45, 2.75) is 13.0 Å². The Morgan fingerprint density at radius 3 is 2.83 bits per heavy atom. The summed E-state index contributed by atoms with van der Waals surface area (Å²) in [5.41, 5.74) is 0.502. The molecule has 18 heavy (non-hydrogen) atoms. The summed E-state index contributed by atoms with van der Waals surface area (Å²) in [5, 5.41) is 5.98. The molecule has 0 spiro atoms. The van der Waals surface area contributed by atoms with Crippen molar-refractivity contribution >= 4 is 11.6 Å². The van der Waals surface area contributed by atoms with Crippen LogP contribution in [-0.2, 0) is 4.79 Å². The van der Waals surface area contributed by atoms with Crippen LogP contribution in [0.25, 0.3) is 0 Å². The summed E-state index contributed by atoms with van der Waals surface area (Å²) in [4.78, 5) is 14.1. The zero-order valence-electron chi connectivity index (χ0n) is 10.4. The van der Waals surface area contributed by atoms with Crippen molar-refractivity contribution in [3.63, 3.8) is 0 Å². The quantitative estimate of drug-likeness (QED) is 0.844. The summed E-state index contributed by atoms with van der Waals surface area (Å²) >= 11 is 0. The maximum atomic E-state index is 13.0. The maximum absolute atomic E-state index is 13.0. The van der Waals surface area contributed by atoms with Gasteiger partial charge in [0.05, 0.1) is 6.04 Å². The van der Waals surface area contributed by atoms with Crippen molar-refractivity contribution in [1.29, 1.82) is 0 Å². The number of nitrogens with zero attached hydrogens (tertiary/aromatic N) is 1. The Balaban J connectivity index is 1.94. The predicted molar refractivity (Wildman–Crippen MR) is 68.9 cm³/mol. The summed E-state index contributed by atoms with van der Waals surface area (Å²) in [6, 6.07) is 5.75. The number of hydrogen-bond acceptors (Lipinski definition) is 3. The second-order valence-electron chi connectivity index (χ2n) is 4.46. The van der Waals surface area contributed by atoms with Crippen LogP contribution in [0.1, 0.15) is 6.92 Å². The zero-order valence-corrected chi connectivity index (χ0v) is 10.4. The predicted octanol–water partition coefficient (Wildman–Crippen LogP) is 1.06. The Morgan fingerprint density at radius 2 is 2.17 bits per heavy atom. The number of amides is 1. The molecule has 0 bridgehead atoms. The molecule has 0 saturated carbocycles. The average Bonchev–Trinajstić information content (AvgIpc) is 2.39. The van der Waals surface area contributed by atoms with Crippen molar-refractivity contribution in [2.75, 3.05) is 31.5 Å². The molecule has 4 nitrogen and oxygen atoms in total. The molecule has 1 aromatic rings. The van der Waals surface area contributed by atoms with Crippen molar-refractivity contribution < 1.29 is 9.18 Å². The lowest BCUT2D eigenvalue weighted by Gasteiger charge is -2.31. The highest BCUT2D eigenvalue weighted by molar-refractivity contribution is 5.94. The van der Waals surface area contributed by atoms with Crippen LogP contribution in [0.4, 0.5) is 10.1 Å². The van der Waals surface area contributed by atoms with Crippen LogP contribution in [0.15, 0.2) is 24.3 Å². The molecule has 1 amide bonds. The molecule has 0 aromatic heterocycles. The number of anilines is 1. The van der Waals surface area contributed by atoms with E-state index in [0.717, 1.165) is 26.2 Å². The number of nitrogens with one attached hydrogen (secondary N) is 2. The molecule has 0 radical (unpaired) electrons. The number of carbonyl (C=O) groups excluding carboxylic acids is 1. The van der Waals surface area contributed by atoms with Gasteiger partial charge in [-0.2, -0.15) is 0 Å². The summed E-state index contributed by atoms with van der Waals surface area (Å²) in [7, 11) is 0. The van der Waals surface area contributed by atoms with Gasteiger partial charge in [0.1, 0.15) is 5.82 Å². The largest absolute Gasteiger partial charge is 0.325 e. The van der Waals surface area contributed by atoms with Crippen molar-refractivity contribution in [3.8, 4) is 0 Å². The summed E-state index contributed by atoms with van der Waals surface area (Å²) in [6.07, 6.45) is 0. The van der Waals surface area contributed by atoms with Gasteiger partial charge in [0, 0.05) is 31.9 Å². The van der Waals surface area contributed by atoms with Crippen molar-refractivity contribution in [3.05, 3.63) is 30.1 Å². The van der Waals surface area contributed by atoms with E-state index in [-0.39, 0.29) is 17.8 Å². The SMILES string of the molecule is CC(C(=O)Nc1cccc(F)c1)N1CCNCC1. The standard InChI is InChI=1S/C13H18FN3O/c1-10(17-7-5-15-6-8-17)13(18)16-12-4-2-3-11(14)9-12/h2-4,9-10,15H,5-8H2,1H3,(H,16,18). The van der Waals surface area contributed by atoms with Crippen LogP contribution < -0.4 is 10.6 Å². The third-order valence-corrected chi connectivity index (χ3v) is 3.17. The average molecular weight is 251 g/mol. The van der Waals surface area contributed by atoms with Gasteiger partial charge in [-0.05, 0) is 25.1 Å². The molecule has 1 fully saturated rings. The molecule has 1 unspecified atom stereocenters. The third-order valence-electron chi connectivity index (χ3n) is 3.17. The molecule has 1 aliphatic rings. The van der Waals surface area contributed by atoms with E-state index in [9.17, 15) is 9.18 Å². The van der Waals surface area contributed by atoms with Gasteiger partial charge in [-0.25, -0.2) is 4.39 Å². The fourth-order valence-electron chi connectivity index (χ4n) is 2.05. The lowest BCUT2D eigenvalue weighted by Crippen LogP contribution is -2.51. The second-order valence-corrected chi connectivity index (χ2v) is 4.46. The third kappa shape index (κ3) is 3.27. The lowest BCUT2D eigenvalue weighted by molar-refractivity contribution is -0.120. The number of halogens is 1. The van der Waals surface area contributed by atoms with Gasteiger partial charge in [-0.1, -0.05) is 6.07 Å².